The highest BCUT2D eigenvalue weighted by Crippen LogP contribution is 2.26. The first-order valence-corrected chi connectivity index (χ1v) is 7.31. The number of amides is 2. The van der Waals surface area contributed by atoms with Crippen molar-refractivity contribution >= 4 is 33.4 Å². The number of nitrogens with one attached hydrogen (secondary N) is 1. The molecule has 5 nitrogen and oxygen atoms in total. The van der Waals surface area contributed by atoms with Gasteiger partial charge in [0.1, 0.15) is 5.75 Å². The Morgan fingerprint density at radius 3 is 2.59 bits per heavy atom. The molecule has 0 spiro atoms. The van der Waals surface area contributed by atoms with E-state index in [-0.39, 0.29) is 12.3 Å². The molecule has 0 aliphatic heterocycles. The van der Waals surface area contributed by atoms with E-state index in [1.54, 1.807) is 49.6 Å². The number of primary amides is 1. The summed E-state index contributed by atoms with van der Waals surface area (Å²) < 4.78 is 5.82. The smallest absolute Gasteiger partial charge is 0.255 e. The molecular weight excluding hydrogens is 348 g/mol. The zero-order chi connectivity index (χ0) is 16.1. The highest BCUT2D eigenvalue weighted by atomic mass is 79.9. The Balaban J connectivity index is 2.22. The van der Waals surface area contributed by atoms with Crippen molar-refractivity contribution in [3.8, 4) is 5.75 Å². The summed E-state index contributed by atoms with van der Waals surface area (Å²) in [7, 11) is 1.56. The molecule has 0 radical (unpaired) electrons. The molecule has 3 N–H and O–H groups in total. The minimum absolute atomic E-state index is 0.0722. The number of hydrogen-bond donors (Lipinski definition) is 2. The summed E-state index contributed by atoms with van der Waals surface area (Å²) in [6.07, 6.45) is 0.0722. The lowest BCUT2D eigenvalue weighted by Crippen LogP contribution is -2.17. The molecule has 0 atom stereocenters. The number of methoxy groups -OCH3 is 1. The topological polar surface area (TPSA) is 81.4 Å². The molecule has 0 fully saturated rings. The Labute approximate surface area is 136 Å². The molecule has 2 amide bonds. The molecule has 0 aliphatic rings. The van der Waals surface area contributed by atoms with Gasteiger partial charge >= 0.3 is 0 Å². The minimum atomic E-state index is -0.450. The number of para-hydroxylation sites is 1. The van der Waals surface area contributed by atoms with Gasteiger partial charge in [0, 0.05) is 11.3 Å². The van der Waals surface area contributed by atoms with Crippen molar-refractivity contribution in [1.29, 1.82) is 0 Å². The van der Waals surface area contributed by atoms with Gasteiger partial charge in [0.15, 0.2) is 0 Å². The molecule has 2 aromatic carbocycles. The van der Waals surface area contributed by atoms with E-state index in [2.05, 4.69) is 21.2 Å². The van der Waals surface area contributed by atoms with Crippen LogP contribution in [0.15, 0.2) is 46.9 Å². The molecule has 0 unspecified atom stereocenters. The van der Waals surface area contributed by atoms with Crippen molar-refractivity contribution in [3.05, 3.63) is 58.1 Å². The molecule has 6 heteroatoms. The Bertz CT molecular complexity index is 716. The van der Waals surface area contributed by atoms with Crippen molar-refractivity contribution in [2.24, 2.45) is 5.73 Å². The van der Waals surface area contributed by atoms with Crippen LogP contribution in [-0.4, -0.2) is 18.9 Å². The first-order valence-electron chi connectivity index (χ1n) is 6.52. The van der Waals surface area contributed by atoms with Crippen LogP contribution in [0.1, 0.15) is 15.9 Å². The highest BCUT2D eigenvalue weighted by Gasteiger charge is 2.12. The van der Waals surface area contributed by atoms with Crippen LogP contribution in [0.25, 0.3) is 0 Å². The van der Waals surface area contributed by atoms with E-state index >= 15 is 0 Å². The fourth-order valence-electron chi connectivity index (χ4n) is 1.99. The standard InChI is InChI=1S/C16H15BrN2O3/c1-22-14-7-6-11(8-12(14)17)16(21)19-13-5-3-2-4-10(13)9-15(18)20/h2-8H,9H2,1H3,(H2,18,20)(H,19,21). The van der Waals surface area contributed by atoms with Crippen molar-refractivity contribution in [1.82, 2.24) is 0 Å². The van der Waals surface area contributed by atoms with Crippen molar-refractivity contribution in [2.45, 2.75) is 6.42 Å². The van der Waals surface area contributed by atoms with Crippen molar-refractivity contribution in [3.63, 3.8) is 0 Å². The molecular formula is C16H15BrN2O3. The van der Waals surface area contributed by atoms with Crippen LogP contribution in [0.4, 0.5) is 5.69 Å². The van der Waals surface area contributed by atoms with Gasteiger partial charge in [0.25, 0.3) is 5.91 Å². The van der Waals surface area contributed by atoms with E-state index in [1.165, 1.54) is 0 Å². The van der Waals surface area contributed by atoms with E-state index < -0.39 is 5.91 Å². The monoisotopic (exact) mass is 362 g/mol. The summed E-state index contributed by atoms with van der Waals surface area (Å²) in [6.45, 7) is 0. The second-order valence-electron chi connectivity index (χ2n) is 4.60. The van der Waals surface area contributed by atoms with Crippen LogP contribution >= 0.6 is 15.9 Å². The summed E-state index contributed by atoms with van der Waals surface area (Å²) in [5, 5.41) is 2.79. The van der Waals surface area contributed by atoms with E-state index in [1.807, 2.05) is 0 Å². The maximum atomic E-state index is 12.3. The zero-order valence-electron chi connectivity index (χ0n) is 11.9. The molecule has 22 heavy (non-hydrogen) atoms. The van der Waals surface area contributed by atoms with Gasteiger partial charge in [-0.2, -0.15) is 0 Å². The predicted octanol–water partition coefficient (Wildman–Crippen LogP) is 2.74. The summed E-state index contributed by atoms with van der Waals surface area (Å²) >= 11 is 3.34. The SMILES string of the molecule is COc1ccc(C(=O)Nc2ccccc2CC(N)=O)cc1Br. The molecule has 0 saturated carbocycles. The Morgan fingerprint density at radius 1 is 1.23 bits per heavy atom. The fourth-order valence-corrected chi connectivity index (χ4v) is 2.53. The third-order valence-corrected chi connectivity index (χ3v) is 3.66. The zero-order valence-corrected chi connectivity index (χ0v) is 13.5. The first kappa shape index (κ1) is 16.0. The lowest BCUT2D eigenvalue weighted by Gasteiger charge is -2.11. The van der Waals surface area contributed by atoms with Gasteiger partial charge in [-0.05, 0) is 45.8 Å². The first-order chi connectivity index (χ1) is 10.5. The number of ether oxygens (including phenoxy) is 1. The molecule has 0 aliphatic carbocycles. The van der Waals surface area contributed by atoms with Crippen LogP contribution < -0.4 is 15.8 Å². The largest absolute Gasteiger partial charge is 0.496 e. The predicted molar refractivity (Wildman–Crippen MR) is 88.0 cm³/mol. The molecule has 0 heterocycles. The number of hydrogen-bond acceptors (Lipinski definition) is 3. The number of carbonyl (C=O) groups is 2. The molecule has 0 saturated heterocycles. The van der Waals surface area contributed by atoms with Crippen LogP contribution in [-0.2, 0) is 11.2 Å². The molecule has 0 bridgehead atoms. The Hall–Kier alpha value is -2.34. The van der Waals surface area contributed by atoms with E-state index in [0.717, 1.165) is 0 Å². The normalized spacial score (nSPS) is 10.1. The molecule has 0 aromatic heterocycles. The fraction of sp³-hybridized carbons (Fsp3) is 0.125. The third kappa shape index (κ3) is 3.85. The lowest BCUT2D eigenvalue weighted by atomic mass is 10.1. The minimum Gasteiger partial charge on any atom is -0.496 e. The van der Waals surface area contributed by atoms with E-state index in [0.29, 0.717) is 27.0 Å². The summed E-state index contributed by atoms with van der Waals surface area (Å²) in [5.74, 6) is -0.0835. The number of carbonyl (C=O) groups excluding carboxylic acids is 2. The van der Waals surface area contributed by atoms with Gasteiger partial charge < -0.3 is 15.8 Å². The van der Waals surface area contributed by atoms with Gasteiger partial charge in [0.05, 0.1) is 18.0 Å². The molecule has 2 aromatic rings. The van der Waals surface area contributed by atoms with Crippen LogP contribution in [0.2, 0.25) is 0 Å². The van der Waals surface area contributed by atoms with Gasteiger partial charge in [0.2, 0.25) is 5.91 Å². The number of benzene rings is 2. The van der Waals surface area contributed by atoms with Crippen LogP contribution in [0.3, 0.4) is 0 Å². The van der Waals surface area contributed by atoms with E-state index in [9.17, 15) is 9.59 Å². The quantitative estimate of drug-likeness (QED) is 0.857. The van der Waals surface area contributed by atoms with Gasteiger partial charge in [-0.3, -0.25) is 9.59 Å². The number of anilines is 1. The number of nitrogens with two attached hydrogens (primary N) is 1. The Kier molecular flexibility index (Phi) is 5.16. The molecule has 2 rings (SSSR count). The lowest BCUT2D eigenvalue weighted by molar-refractivity contribution is -0.117. The van der Waals surface area contributed by atoms with Crippen molar-refractivity contribution in [2.75, 3.05) is 12.4 Å². The number of rotatable bonds is 5. The Morgan fingerprint density at radius 2 is 1.95 bits per heavy atom. The van der Waals surface area contributed by atoms with Gasteiger partial charge in [-0.15, -0.1) is 0 Å². The van der Waals surface area contributed by atoms with Crippen LogP contribution in [0, 0.1) is 0 Å². The second-order valence-corrected chi connectivity index (χ2v) is 5.46. The average Bonchev–Trinajstić information content (AvgIpc) is 2.48. The van der Waals surface area contributed by atoms with E-state index in [4.69, 9.17) is 10.5 Å². The van der Waals surface area contributed by atoms with Gasteiger partial charge in [-0.25, -0.2) is 0 Å². The maximum absolute atomic E-state index is 12.3. The summed E-state index contributed by atoms with van der Waals surface area (Å²) in [5.41, 5.74) is 6.93. The molecule has 114 valence electrons. The maximum Gasteiger partial charge on any atom is 0.255 e. The highest BCUT2D eigenvalue weighted by molar-refractivity contribution is 9.10. The average molecular weight is 363 g/mol. The van der Waals surface area contributed by atoms with Gasteiger partial charge in [-0.1, -0.05) is 18.2 Å². The second kappa shape index (κ2) is 7.09. The summed E-state index contributed by atoms with van der Waals surface area (Å²) in [4.78, 5) is 23.4. The third-order valence-electron chi connectivity index (χ3n) is 3.04. The van der Waals surface area contributed by atoms with Crippen LogP contribution in [0.5, 0.6) is 5.75 Å². The van der Waals surface area contributed by atoms with Crippen molar-refractivity contribution < 1.29 is 14.3 Å². The number of halogens is 1. The summed E-state index contributed by atoms with van der Waals surface area (Å²) in [6, 6.07) is 12.1.